The summed E-state index contributed by atoms with van der Waals surface area (Å²) in [6.07, 6.45) is 10.3. The summed E-state index contributed by atoms with van der Waals surface area (Å²) in [5.74, 6) is 1.03. The van der Waals surface area contributed by atoms with E-state index in [2.05, 4.69) is 34.8 Å². The number of nitriles is 1. The lowest BCUT2D eigenvalue weighted by Crippen LogP contribution is -2.09. The number of aryl methyl sites for hydroxylation is 1. The predicted molar refractivity (Wildman–Crippen MR) is 114 cm³/mol. The number of aromatic nitrogens is 3. The minimum Gasteiger partial charge on any atom is -0.360 e. The molecule has 0 saturated carbocycles. The Morgan fingerprint density at radius 2 is 2.07 bits per heavy atom. The number of hydrogen-bond acceptors (Lipinski definition) is 4. The van der Waals surface area contributed by atoms with E-state index in [1.165, 1.54) is 0 Å². The quantitative estimate of drug-likeness (QED) is 0.446. The summed E-state index contributed by atoms with van der Waals surface area (Å²) >= 11 is 6.30. The van der Waals surface area contributed by atoms with Gasteiger partial charge in [0.15, 0.2) is 0 Å². The van der Waals surface area contributed by atoms with Crippen molar-refractivity contribution in [3.8, 4) is 17.2 Å². The van der Waals surface area contributed by atoms with Crippen LogP contribution in [-0.4, -0.2) is 45.7 Å². The minimum absolute atomic E-state index is 0.343. The number of pyridine rings is 2. The van der Waals surface area contributed by atoms with Crippen LogP contribution in [0.2, 0.25) is 5.15 Å². The van der Waals surface area contributed by atoms with Crippen LogP contribution in [0.5, 0.6) is 0 Å². The molecule has 0 aliphatic heterocycles. The average molecular weight is 403 g/mol. The van der Waals surface area contributed by atoms with E-state index in [0.717, 1.165) is 28.0 Å². The van der Waals surface area contributed by atoms with Crippen LogP contribution in [0, 0.1) is 18.3 Å². The van der Waals surface area contributed by atoms with Crippen LogP contribution < -0.4 is 0 Å². The van der Waals surface area contributed by atoms with E-state index in [9.17, 15) is 5.26 Å². The normalized spacial score (nSPS) is 12.3. The molecule has 0 saturated heterocycles. The Bertz CT molecular complexity index is 1020. The van der Waals surface area contributed by atoms with E-state index in [4.69, 9.17) is 16.3 Å². The molecule has 27 heavy (non-hydrogen) atoms. The number of halogens is 1. The van der Waals surface area contributed by atoms with Crippen LogP contribution in [0.25, 0.3) is 22.2 Å². The maximum atomic E-state index is 9.65. The predicted octanol–water partition coefficient (Wildman–Crippen LogP) is 4.60. The summed E-state index contributed by atoms with van der Waals surface area (Å²) in [6, 6.07) is 7.97. The van der Waals surface area contributed by atoms with Crippen molar-refractivity contribution in [3.05, 3.63) is 47.0 Å². The molecule has 3 heterocycles. The highest BCUT2D eigenvalue weighted by Crippen LogP contribution is 2.35. The lowest BCUT2D eigenvalue weighted by Gasteiger charge is -2.24. The Balaban J connectivity index is 2.02. The van der Waals surface area contributed by atoms with Gasteiger partial charge in [-0.2, -0.15) is 5.26 Å². The van der Waals surface area contributed by atoms with E-state index in [1.54, 1.807) is 18.5 Å². The molecule has 0 N–H and O–H groups in total. The molecule has 0 spiro atoms. The molecule has 0 amide bonds. The second-order valence-electron chi connectivity index (χ2n) is 7.33. The number of fused-ring (bicyclic) bond motifs is 1. The summed E-state index contributed by atoms with van der Waals surface area (Å²) in [5, 5.41) is 10.8. The molecular weight excluding hydrogens is 380 g/mol. The Morgan fingerprint density at radius 3 is 2.74 bits per heavy atom. The monoisotopic (exact) mass is 402 g/mol. The van der Waals surface area contributed by atoms with Gasteiger partial charge in [0.2, 0.25) is 0 Å². The van der Waals surface area contributed by atoms with Gasteiger partial charge in [-0.15, -0.1) is 0 Å². The number of rotatable bonds is 6. The molecular formula is C20H23ClN4OS. The number of hydrogen-bond donors (Lipinski definition) is 0. The summed E-state index contributed by atoms with van der Waals surface area (Å²) in [4.78, 5) is 8.72. The first-order chi connectivity index (χ1) is 12.8. The highest BCUT2D eigenvalue weighted by atomic mass is 35.5. The Labute approximate surface area is 166 Å². The van der Waals surface area contributed by atoms with Crippen LogP contribution in [0.1, 0.15) is 11.3 Å². The first kappa shape index (κ1) is 19.7. The van der Waals surface area contributed by atoms with E-state index in [-0.39, 0.29) is 0 Å². The first-order valence-electron chi connectivity index (χ1n) is 8.55. The Kier molecular flexibility index (Phi) is 5.75. The van der Waals surface area contributed by atoms with Gasteiger partial charge in [-0.05, 0) is 55.0 Å². The van der Waals surface area contributed by atoms with Crippen molar-refractivity contribution in [2.75, 3.05) is 31.1 Å². The molecule has 0 fully saturated rings. The summed E-state index contributed by atoms with van der Waals surface area (Å²) < 4.78 is 7.70. The maximum Gasteiger partial charge on any atom is 0.145 e. The van der Waals surface area contributed by atoms with E-state index < -0.39 is 10.0 Å². The average Bonchev–Trinajstić information content (AvgIpc) is 2.95. The van der Waals surface area contributed by atoms with Crippen LogP contribution >= 0.6 is 21.6 Å². The highest BCUT2D eigenvalue weighted by molar-refractivity contribution is 8.32. The third-order valence-corrected chi connectivity index (χ3v) is 5.78. The lowest BCUT2D eigenvalue weighted by molar-refractivity contribution is 0.0923. The minimum atomic E-state index is -0.603. The third-order valence-electron chi connectivity index (χ3n) is 4.19. The standard InChI is InChI=1S/C20H23ClN4OS/c1-14-9-15(5-6-23-14)17-10-18(21)24-20-19(17)16(11-22)12-25(20)13-26-7-8-27(2,3)4/h5-6,9-10,12H,7-8,13H2,1-4H3. The first-order valence-corrected chi connectivity index (χ1v) is 12.0. The molecule has 5 nitrogen and oxygen atoms in total. The van der Waals surface area contributed by atoms with Crippen molar-refractivity contribution in [1.29, 1.82) is 5.26 Å². The van der Waals surface area contributed by atoms with Crippen molar-refractivity contribution in [1.82, 2.24) is 14.5 Å². The Morgan fingerprint density at radius 1 is 1.30 bits per heavy atom. The van der Waals surface area contributed by atoms with Crippen molar-refractivity contribution in [2.24, 2.45) is 0 Å². The molecule has 0 aromatic carbocycles. The van der Waals surface area contributed by atoms with E-state index in [0.29, 0.717) is 29.7 Å². The molecule has 0 aliphatic rings. The summed E-state index contributed by atoms with van der Waals surface area (Å²) in [7, 11) is -0.603. The van der Waals surface area contributed by atoms with Gasteiger partial charge in [-0.25, -0.2) is 15.0 Å². The van der Waals surface area contributed by atoms with Gasteiger partial charge >= 0.3 is 0 Å². The molecule has 0 aliphatic carbocycles. The molecule has 0 radical (unpaired) electrons. The van der Waals surface area contributed by atoms with Crippen molar-refractivity contribution >= 4 is 32.7 Å². The van der Waals surface area contributed by atoms with Gasteiger partial charge in [0, 0.05) is 29.2 Å². The zero-order chi connectivity index (χ0) is 19.6. The maximum absolute atomic E-state index is 9.65. The van der Waals surface area contributed by atoms with Crippen molar-refractivity contribution < 1.29 is 4.74 Å². The Hall–Kier alpha value is -2.07. The summed E-state index contributed by atoms with van der Waals surface area (Å²) in [5.41, 5.74) is 3.96. The van der Waals surface area contributed by atoms with E-state index in [1.807, 2.05) is 23.6 Å². The van der Waals surface area contributed by atoms with Crippen LogP contribution in [0.3, 0.4) is 0 Å². The molecule has 3 aromatic rings. The molecule has 3 rings (SSSR count). The molecule has 3 aromatic heterocycles. The van der Waals surface area contributed by atoms with Crippen LogP contribution in [0.15, 0.2) is 30.6 Å². The molecule has 0 bridgehead atoms. The molecule has 142 valence electrons. The largest absolute Gasteiger partial charge is 0.360 e. The van der Waals surface area contributed by atoms with Gasteiger partial charge in [0.1, 0.15) is 23.6 Å². The fraction of sp³-hybridized carbons (Fsp3) is 0.350. The SMILES string of the molecule is Cc1cc(-c2cc(Cl)nc3c2c(C#N)cn3COCCS(C)(C)C)ccn1. The van der Waals surface area contributed by atoms with Crippen molar-refractivity contribution in [2.45, 2.75) is 13.7 Å². The second-order valence-corrected chi connectivity index (χ2v) is 12.3. The zero-order valence-electron chi connectivity index (χ0n) is 16.0. The van der Waals surface area contributed by atoms with E-state index >= 15 is 0 Å². The molecule has 0 atom stereocenters. The topological polar surface area (TPSA) is 63.7 Å². The van der Waals surface area contributed by atoms with Gasteiger partial charge < -0.3 is 9.30 Å². The fourth-order valence-electron chi connectivity index (χ4n) is 2.85. The lowest BCUT2D eigenvalue weighted by atomic mass is 10.0. The fourth-order valence-corrected chi connectivity index (χ4v) is 3.66. The van der Waals surface area contributed by atoms with Gasteiger partial charge in [-0.3, -0.25) is 4.98 Å². The van der Waals surface area contributed by atoms with Gasteiger partial charge in [0.25, 0.3) is 0 Å². The van der Waals surface area contributed by atoms with Crippen LogP contribution in [-0.2, 0) is 11.5 Å². The molecule has 0 unspecified atom stereocenters. The van der Waals surface area contributed by atoms with Gasteiger partial charge in [0.05, 0.1) is 12.2 Å². The number of nitrogens with zero attached hydrogens (tertiary/aromatic N) is 4. The van der Waals surface area contributed by atoms with Crippen LogP contribution in [0.4, 0.5) is 0 Å². The third kappa shape index (κ3) is 4.62. The smallest absolute Gasteiger partial charge is 0.145 e. The van der Waals surface area contributed by atoms with Crippen molar-refractivity contribution in [3.63, 3.8) is 0 Å². The van der Waals surface area contributed by atoms with Gasteiger partial charge in [-0.1, -0.05) is 11.6 Å². The highest BCUT2D eigenvalue weighted by Gasteiger charge is 2.17. The zero-order valence-corrected chi connectivity index (χ0v) is 17.6. The summed E-state index contributed by atoms with van der Waals surface area (Å²) in [6.45, 7) is 2.96. The molecule has 7 heteroatoms. The second kappa shape index (κ2) is 7.89. The number of ether oxygens (including phenoxy) is 1.